The summed E-state index contributed by atoms with van der Waals surface area (Å²) in [5.41, 5.74) is 4.56. The fourth-order valence-electron chi connectivity index (χ4n) is 3.03. The molecule has 0 bridgehead atoms. The van der Waals surface area contributed by atoms with E-state index in [0.29, 0.717) is 0 Å². The lowest BCUT2D eigenvalue weighted by molar-refractivity contribution is 0.507. The average molecular weight is 293 g/mol. The topological polar surface area (TPSA) is 22.0 Å². The number of rotatable bonds is 2. The number of pyridine rings is 1. The molecule has 0 aliphatic heterocycles. The van der Waals surface area contributed by atoms with Gasteiger partial charge in [-0.25, -0.2) is 0 Å². The zero-order valence-corrected chi connectivity index (χ0v) is 14.0. The van der Waals surface area contributed by atoms with E-state index in [4.69, 9.17) is 0 Å². The van der Waals surface area contributed by atoms with Crippen molar-refractivity contribution in [3.63, 3.8) is 0 Å². The van der Waals surface area contributed by atoms with Crippen molar-refractivity contribution in [2.24, 2.45) is 7.05 Å². The van der Waals surface area contributed by atoms with Gasteiger partial charge in [0.05, 0.1) is 11.0 Å². The van der Waals surface area contributed by atoms with E-state index >= 15 is 0 Å². The van der Waals surface area contributed by atoms with Gasteiger partial charge in [0, 0.05) is 17.8 Å². The quantitative estimate of drug-likeness (QED) is 0.628. The number of hydrogen-bond donors (Lipinski definition) is 0. The second kappa shape index (κ2) is 4.98. The number of aromatic nitrogens is 1. The average Bonchev–Trinajstić information content (AvgIpc) is 2.52. The Morgan fingerprint density at radius 3 is 2.23 bits per heavy atom. The predicted octanol–water partition coefficient (Wildman–Crippen LogP) is 4.69. The van der Waals surface area contributed by atoms with Crippen molar-refractivity contribution >= 4 is 21.8 Å². The summed E-state index contributed by atoms with van der Waals surface area (Å²) in [6.07, 6.45) is 1.05. The molecule has 0 amide bonds. The van der Waals surface area contributed by atoms with Crippen molar-refractivity contribution in [1.82, 2.24) is 4.57 Å². The minimum Gasteiger partial charge on any atom is -0.343 e. The van der Waals surface area contributed by atoms with Gasteiger partial charge in [-0.15, -0.1) is 0 Å². The van der Waals surface area contributed by atoms with Crippen LogP contribution in [-0.2, 0) is 12.5 Å². The van der Waals surface area contributed by atoms with Gasteiger partial charge < -0.3 is 4.57 Å². The van der Waals surface area contributed by atoms with E-state index in [9.17, 15) is 4.79 Å². The predicted molar refractivity (Wildman–Crippen MR) is 94.7 cm³/mol. The fraction of sp³-hybridized carbons (Fsp3) is 0.350. The molecule has 0 aliphatic carbocycles. The number of benzene rings is 2. The maximum atomic E-state index is 12.9. The van der Waals surface area contributed by atoms with Crippen molar-refractivity contribution < 1.29 is 0 Å². The van der Waals surface area contributed by atoms with Crippen LogP contribution in [0.2, 0.25) is 0 Å². The van der Waals surface area contributed by atoms with Crippen molar-refractivity contribution in [3.05, 3.63) is 57.7 Å². The second-order valence-electron chi connectivity index (χ2n) is 6.88. The van der Waals surface area contributed by atoms with E-state index in [2.05, 4.69) is 49.6 Å². The van der Waals surface area contributed by atoms with Gasteiger partial charge >= 0.3 is 0 Å². The van der Waals surface area contributed by atoms with Crippen LogP contribution >= 0.6 is 0 Å². The number of fused-ring (bicyclic) bond motifs is 2. The van der Waals surface area contributed by atoms with E-state index in [1.807, 2.05) is 26.1 Å². The summed E-state index contributed by atoms with van der Waals surface area (Å²) < 4.78 is 2.12. The monoisotopic (exact) mass is 293 g/mol. The SMILES string of the molecule is CCC(C)(C)c1ccc2c(c1)c(=O)c1cc(C)ccc1n2C. The van der Waals surface area contributed by atoms with Crippen molar-refractivity contribution in [3.8, 4) is 0 Å². The molecule has 0 N–H and O–H groups in total. The molecule has 22 heavy (non-hydrogen) atoms. The minimum absolute atomic E-state index is 0.0841. The zero-order valence-electron chi connectivity index (χ0n) is 14.0. The van der Waals surface area contributed by atoms with Crippen molar-refractivity contribution in [2.45, 2.75) is 39.5 Å². The largest absolute Gasteiger partial charge is 0.343 e. The Bertz CT molecular complexity index is 932. The number of nitrogens with zero attached hydrogens (tertiary/aromatic N) is 1. The first-order valence-electron chi connectivity index (χ1n) is 7.89. The summed E-state index contributed by atoms with van der Waals surface area (Å²) in [6.45, 7) is 8.67. The molecule has 0 radical (unpaired) electrons. The van der Waals surface area contributed by atoms with Gasteiger partial charge in [0.25, 0.3) is 0 Å². The van der Waals surface area contributed by atoms with E-state index in [1.54, 1.807) is 0 Å². The van der Waals surface area contributed by atoms with E-state index < -0.39 is 0 Å². The van der Waals surface area contributed by atoms with E-state index in [-0.39, 0.29) is 10.8 Å². The van der Waals surface area contributed by atoms with Crippen LogP contribution in [0, 0.1) is 6.92 Å². The third-order valence-electron chi connectivity index (χ3n) is 5.03. The van der Waals surface area contributed by atoms with Crippen molar-refractivity contribution in [2.75, 3.05) is 0 Å². The molecule has 1 heterocycles. The highest BCUT2D eigenvalue weighted by Gasteiger charge is 2.19. The normalized spacial score (nSPS) is 12.2. The first-order chi connectivity index (χ1) is 10.3. The number of aryl methyl sites for hydroxylation is 2. The Balaban J connectivity index is 2.45. The third-order valence-corrected chi connectivity index (χ3v) is 5.03. The summed E-state index contributed by atoms with van der Waals surface area (Å²) in [6, 6.07) is 12.4. The van der Waals surface area contributed by atoms with Crippen LogP contribution in [0.3, 0.4) is 0 Å². The first kappa shape index (κ1) is 14.8. The van der Waals surface area contributed by atoms with E-state index in [0.717, 1.165) is 33.8 Å². The smallest absolute Gasteiger partial charge is 0.197 e. The molecule has 3 rings (SSSR count). The molecule has 1 aromatic heterocycles. The van der Waals surface area contributed by atoms with E-state index in [1.165, 1.54) is 5.56 Å². The molecule has 114 valence electrons. The van der Waals surface area contributed by atoms with Crippen LogP contribution in [-0.4, -0.2) is 4.57 Å². The van der Waals surface area contributed by atoms with Gasteiger partial charge in [0.15, 0.2) is 5.43 Å². The molecule has 2 nitrogen and oxygen atoms in total. The Hall–Kier alpha value is -2.09. The molecule has 0 atom stereocenters. The molecule has 2 heteroatoms. The molecule has 0 aliphatic rings. The highest BCUT2D eigenvalue weighted by atomic mass is 16.1. The lowest BCUT2D eigenvalue weighted by atomic mass is 9.81. The molecule has 0 saturated heterocycles. The second-order valence-corrected chi connectivity index (χ2v) is 6.88. The number of hydrogen-bond acceptors (Lipinski definition) is 1. The summed E-state index contributed by atoms with van der Waals surface area (Å²) >= 11 is 0. The Labute approximate surface area is 131 Å². The molecule has 0 unspecified atom stereocenters. The van der Waals surface area contributed by atoms with Gasteiger partial charge in [-0.2, -0.15) is 0 Å². The van der Waals surface area contributed by atoms with Gasteiger partial charge in [-0.3, -0.25) is 4.79 Å². The summed E-state index contributed by atoms with van der Waals surface area (Å²) in [5.74, 6) is 0. The maximum Gasteiger partial charge on any atom is 0.197 e. The van der Waals surface area contributed by atoms with Crippen LogP contribution in [0.1, 0.15) is 38.3 Å². The van der Waals surface area contributed by atoms with Gasteiger partial charge in [0.2, 0.25) is 0 Å². The molecule has 0 saturated carbocycles. The van der Waals surface area contributed by atoms with Crippen molar-refractivity contribution in [1.29, 1.82) is 0 Å². The van der Waals surface area contributed by atoms with Crippen LogP contribution in [0.5, 0.6) is 0 Å². The lowest BCUT2D eigenvalue weighted by Crippen LogP contribution is -2.17. The standard InChI is InChI=1S/C20H23NO/c1-6-20(3,4)14-8-10-18-16(12-14)19(22)15-11-13(2)7-9-17(15)21(18)5/h7-12H,6H2,1-5H3. The van der Waals surface area contributed by atoms with Crippen LogP contribution in [0.4, 0.5) is 0 Å². The lowest BCUT2D eigenvalue weighted by Gasteiger charge is -2.24. The molecular weight excluding hydrogens is 270 g/mol. The summed E-state index contributed by atoms with van der Waals surface area (Å²) in [7, 11) is 2.03. The summed E-state index contributed by atoms with van der Waals surface area (Å²) in [4.78, 5) is 12.9. The zero-order chi connectivity index (χ0) is 16.1. The molecule has 0 spiro atoms. The summed E-state index contributed by atoms with van der Waals surface area (Å²) in [5, 5.41) is 1.63. The van der Waals surface area contributed by atoms with Gasteiger partial charge in [-0.05, 0) is 48.6 Å². The molecule has 3 aromatic rings. The van der Waals surface area contributed by atoms with Gasteiger partial charge in [-0.1, -0.05) is 38.5 Å². The third kappa shape index (κ3) is 2.14. The maximum absolute atomic E-state index is 12.9. The minimum atomic E-state index is 0.0841. The van der Waals surface area contributed by atoms with Crippen LogP contribution in [0.15, 0.2) is 41.2 Å². The molecule has 0 fully saturated rings. The van der Waals surface area contributed by atoms with Crippen LogP contribution in [0.25, 0.3) is 21.8 Å². The highest BCUT2D eigenvalue weighted by Crippen LogP contribution is 2.29. The van der Waals surface area contributed by atoms with Gasteiger partial charge in [0.1, 0.15) is 0 Å². The van der Waals surface area contributed by atoms with Crippen LogP contribution < -0.4 is 5.43 Å². The molecular formula is C20H23NO. The fourth-order valence-corrected chi connectivity index (χ4v) is 3.03. The Kier molecular flexibility index (Phi) is 3.36. The Morgan fingerprint density at radius 2 is 1.59 bits per heavy atom. The highest BCUT2D eigenvalue weighted by molar-refractivity contribution is 5.94. The Morgan fingerprint density at radius 1 is 1.00 bits per heavy atom. The molecule has 2 aromatic carbocycles. The first-order valence-corrected chi connectivity index (χ1v) is 7.89.